The van der Waals surface area contributed by atoms with Crippen LogP contribution in [0.15, 0.2) is 59.5 Å². The number of aliphatic hydroxyl groups is 1. The van der Waals surface area contributed by atoms with Crippen LogP contribution in [0, 0.1) is 29.6 Å². The number of carbonyl (C=O) groups excluding carboxylic acids is 1. The molecule has 2 heterocycles. The lowest BCUT2D eigenvalue weighted by molar-refractivity contribution is -0.138. The number of nitrogens with zero attached hydrogens (tertiary/aromatic N) is 3. The topological polar surface area (TPSA) is 129 Å². The molecule has 1 amide bonds. The lowest BCUT2D eigenvalue weighted by Crippen LogP contribution is -2.50. The number of carbonyl (C=O) groups is 2. The third kappa shape index (κ3) is 9.06. The maximum atomic E-state index is 14.1. The summed E-state index contributed by atoms with van der Waals surface area (Å²) in [6.45, 7) is 2.09. The number of likely N-dealkylation sites (tertiary alicyclic amines) is 1. The number of aliphatic hydroxyl groups excluding tert-OH is 1. The Kier molecular flexibility index (Phi) is 10.4. The Balaban J connectivity index is 1.04. The van der Waals surface area contributed by atoms with Crippen molar-refractivity contribution in [3.63, 3.8) is 0 Å². The van der Waals surface area contributed by atoms with Gasteiger partial charge in [0.15, 0.2) is 0 Å². The van der Waals surface area contributed by atoms with E-state index >= 15 is 0 Å². The molecule has 6 rings (SSSR count). The summed E-state index contributed by atoms with van der Waals surface area (Å²) in [4.78, 5) is 33.8. The van der Waals surface area contributed by atoms with E-state index in [1.54, 1.807) is 36.5 Å². The minimum absolute atomic E-state index is 0.0418. The van der Waals surface area contributed by atoms with Crippen LogP contribution >= 0.6 is 0 Å². The number of aliphatic carboxylic acids is 1. The number of aromatic nitrogens is 1. The number of amides is 1. The lowest BCUT2D eigenvalue weighted by atomic mass is 9.81. The number of alkyl halides is 2. The molecule has 1 aromatic heterocycles. The van der Waals surface area contributed by atoms with Crippen molar-refractivity contribution < 1.29 is 33.3 Å². The van der Waals surface area contributed by atoms with Gasteiger partial charge in [-0.05, 0) is 105 Å². The molecule has 0 radical (unpaired) electrons. The van der Waals surface area contributed by atoms with Crippen molar-refractivity contribution >= 4 is 17.7 Å². The molecule has 0 spiro atoms. The van der Waals surface area contributed by atoms with Crippen LogP contribution < -0.4 is 10.6 Å². The molecule has 47 heavy (non-hydrogen) atoms. The minimum Gasteiger partial charge on any atom is -0.512 e. The highest BCUT2D eigenvalue weighted by Crippen LogP contribution is 2.46. The summed E-state index contributed by atoms with van der Waals surface area (Å²) in [5.74, 6) is -2.09. The Morgan fingerprint density at radius 1 is 1.09 bits per heavy atom. The molecule has 3 unspecified atom stereocenters. The molecule has 11 heteroatoms. The van der Waals surface area contributed by atoms with E-state index in [2.05, 4.69) is 16.0 Å². The highest BCUT2D eigenvalue weighted by Gasteiger charge is 2.47. The van der Waals surface area contributed by atoms with Crippen molar-refractivity contribution in [2.75, 3.05) is 31.1 Å². The molecule has 1 aliphatic heterocycles. The van der Waals surface area contributed by atoms with E-state index in [0.29, 0.717) is 55.8 Å². The van der Waals surface area contributed by atoms with Gasteiger partial charge in [-0.25, -0.2) is 13.8 Å². The molecule has 3 saturated carbocycles. The van der Waals surface area contributed by atoms with Gasteiger partial charge in [-0.1, -0.05) is 17.7 Å². The number of rotatable bonds is 15. The normalized spacial score (nSPS) is 25.3. The van der Waals surface area contributed by atoms with Crippen LogP contribution in [0.2, 0.25) is 0 Å². The molecule has 0 bridgehead atoms. The van der Waals surface area contributed by atoms with E-state index in [9.17, 15) is 28.6 Å². The molecule has 4 N–H and O–H groups in total. The number of allylic oxidation sites excluding steroid dienone is 3. The highest BCUT2D eigenvalue weighted by atomic mass is 19.3. The number of nitrogens with two attached hydrogens (primary N) is 1. The van der Waals surface area contributed by atoms with Gasteiger partial charge in [-0.2, -0.15) is 0 Å². The van der Waals surface area contributed by atoms with Crippen molar-refractivity contribution in [1.82, 2.24) is 9.88 Å². The van der Waals surface area contributed by atoms with Crippen LogP contribution in [0.4, 0.5) is 14.6 Å². The van der Waals surface area contributed by atoms with Gasteiger partial charge in [0, 0.05) is 50.0 Å². The summed E-state index contributed by atoms with van der Waals surface area (Å²) in [6.07, 6.45) is 13.2. The maximum absolute atomic E-state index is 14.1. The standard InChI is InChI=1S/C36H48F2N4O5/c37-36(38)19-25(20-36)21-42(33-3-1-2-12-40-33)35(46)29-9-8-28(43)17-31(29)41-13-10-24(11-14-41)22-47-32(39)16-27(15-23-4-5-23)30(18-34(44)45)26-6-7-26/h1-3,8-9,12,15,23-26,30-32,43H,4-7,10-11,13-14,16-22,39H2,(H,44,45)/b27-15+. The predicted octanol–water partition coefficient (Wildman–Crippen LogP) is 5.84. The van der Waals surface area contributed by atoms with Crippen LogP contribution in [0.25, 0.3) is 0 Å². The summed E-state index contributed by atoms with van der Waals surface area (Å²) in [5, 5.41) is 20.0. The molecule has 4 fully saturated rings. The quantitative estimate of drug-likeness (QED) is 0.159. The molecule has 1 saturated heterocycles. The Morgan fingerprint density at radius 2 is 1.83 bits per heavy atom. The fourth-order valence-electron chi connectivity index (χ4n) is 7.51. The van der Waals surface area contributed by atoms with Crippen molar-refractivity contribution in [3.8, 4) is 0 Å². The van der Waals surface area contributed by atoms with Gasteiger partial charge in [0.25, 0.3) is 5.91 Å². The summed E-state index contributed by atoms with van der Waals surface area (Å²) in [5.41, 5.74) is 8.15. The summed E-state index contributed by atoms with van der Waals surface area (Å²) in [7, 11) is 0. The predicted molar refractivity (Wildman–Crippen MR) is 174 cm³/mol. The monoisotopic (exact) mass is 654 g/mol. The first-order valence-electron chi connectivity index (χ1n) is 17.3. The second kappa shape index (κ2) is 14.5. The maximum Gasteiger partial charge on any atom is 0.303 e. The first kappa shape index (κ1) is 33.7. The van der Waals surface area contributed by atoms with Gasteiger partial charge in [-0.15, -0.1) is 0 Å². The van der Waals surface area contributed by atoms with Gasteiger partial charge in [0.2, 0.25) is 5.92 Å². The van der Waals surface area contributed by atoms with Crippen LogP contribution in [-0.4, -0.2) is 76.4 Å². The van der Waals surface area contributed by atoms with Crippen molar-refractivity contribution in [2.24, 2.45) is 35.3 Å². The van der Waals surface area contributed by atoms with E-state index in [1.165, 1.54) is 4.90 Å². The number of halogens is 2. The fraction of sp³-hybridized carbons (Fsp3) is 0.639. The number of ether oxygens (including phenoxy) is 1. The van der Waals surface area contributed by atoms with Crippen LogP contribution in [-0.2, 0) is 14.3 Å². The van der Waals surface area contributed by atoms with E-state index in [1.807, 2.05) is 0 Å². The molecule has 1 aromatic rings. The van der Waals surface area contributed by atoms with E-state index in [0.717, 1.165) is 44.1 Å². The molecule has 256 valence electrons. The average molecular weight is 655 g/mol. The number of carboxylic acid groups (broad SMARTS) is 1. The molecule has 0 aromatic carbocycles. The van der Waals surface area contributed by atoms with Gasteiger partial charge >= 0.3 is 5.97 Å². The zero-order valence-corrected chi connectivity index (χ0v) is 27.0. The Labute approximate surface area is 275 Å². The Bertz CT molecular complexity index is 1360. The van der Waals surface area contributed by atoms with Crippen LogP contribution in [0.5, 0.6) is 0 Å². The second-order valence-electron chi connectivity index (χ2n) is 14.4. The number of piperidine rings is 1. The van der Waals surface area contributed by atoms with Gasteiger partial charge < -0.3 is 20.7 Å². The SMILES string of the molecule is NC(C/C(=C\C1CC1)C(CC(=O)O)C1CC1)OCC1CCN(C2CC(O)=CC=C2C(=O)N(CC2CC(F)(F)C2)c2ccccn2)CC1. The zero-order valence-electron chi connectivity index (χ0n) is 27.0. The van der Waals surface area contributed by atoms with Gasteiger partial charge in [-0.3, -0.25) is 19.4 Å². The second-order valence-corrected chi connectivity index (χ2v) is 14.4. The highest BCUT2D eigenvalue weighted by molar-refractivity contribution is 6.06. The summed E-state index contributed by atoms with van der Waals surface area (Å²) >= 11 is 0. The number of pyridine rings is 1. The van der Waals surface area contributed by atoms with E-state index in [4.69, 9.17) is 10.5 Å². The number of anilines is 1. The van der Waals surface area contributed by atoms with Gasteiger partial charge in [0.1, 0.15) is 12.0 Å². The van der Waals surface area contributed by atoms with Crippen LogP contribution in [0.1, 0.15) is 70.6 Å². The van der Waals surface area contributed by atoms with Crippen molar-refractivity contribution in [2.45, 2.75) is 88.8 Å². The molecular weight excluding hydrogens is 606 g/mol. The van der Waals surface area contributed by atoms with E-state index in [-0.39, 0.29) is 61.3 Å². The molecule has 5 aliphatic rings. The third-order valence-electron chi connectivity index (χ3n) is 10.5. The van der Waals surface area contributed by atoms with E-state index < -0.39 is 18.1 Å². The molecule has 3 atom stereocenters. The first-order chi connectivity index (χ1) is 22.5. The fourth-order valence-corrected chi connectivity index (χ4v) is 7.51. The zero-order chi connectivity index (χ0) is 33.1. The summed E-state index contributed by atoms with van der Waals surface area (Å²) in [6, 6.07) is 4.91. The third-order valence-corrected chi connectivity index (χ3v) is 10.5. The molecule has 9 nitrogen and oxygen atoms in total. The first-order valence-corrected chi connectivity index (χ1v) is 17.3. The number of hydrogen-bond donors (Lipinski definition) is 3. The Hall–Kier alpha value is -3.15. The summed E-state index contributed by atoms with van der Waals surface area (Å²) < 4.78 is 33.5. The molecule has 4 aliphatic carbocycles. The molecular formula is C36H48F2N4O5. The lowest BCUT2D eigenvalue weighted by Gasteiger charge is -2.41. The smallest absolute Gasteiger partial charge is 0.303 e. The van der Waals surface area contributed by atoms with Crippen molar-refractivity contribution in [1.29, 1.82) is 0 Å². The number of hydrogen-bond acceptors (Lipinski definition) is 7. The van der Waals surface area contributed by atoms with Crippen LogP contribution in [0.3, 0.4) is 0 Å². The average Bonchev–Trinajstić information content (AvgIpc) is 3.97. The largest absolute Gasteiger partial charge is 0.512 e. The van der Waals surface area contributed by atoms with Crippen molar-refractivity contribution in [3.05, 3.63) is 59.5 Å². The van der Waals surface area contributed by atoms with Gasteiger partial charge in [0.05, 0.1) is 18.8 Å². The Morgan fingerprint density at radius 3 is 2.45 bits per heavy atom. The number of carboxylic acids is 1. The minimum atomic E-state index is -2.68.